The van der Waals surface area contributed by atoms with E-state index in [4.69, 9.17) is 4.74 Å². The Morgan fingerprint density at radius 2 is 2.37 bits per heavy atom. The zero-order chi connectivity index (χ0) is 14.3. The van der Waals surface area contributed by atoms with Crippen molar-refractivity contribution >= 4 is 29.1 Å². The van der Waals surface area contributed by atoms with Crippen LogP contribution in [0, 0.1) is 0 Å². The van der Waals surface area contributed by atoms with Crippen molar-refractivity contribution < 1.29 is 9.53 Å². The summed E-state index contributed by atoms with van der Waals surface area (Å²) < 4.78 is 6.23. The molecule has 1 rings (SSSR count). The molecule has 3 nitrogen and oxygen atoms in total. The van der Waals surface area contributed by atoms with Gasteiger partial charge in [-0.1, -0.05) is 19.9 Å². The van der Waals surface area contributed by atoms with Gasteiger partial charge in [-0.15, -0.1) is 23.1 Å². The molecule has 0 amide bonds. The molecule has 0 aromatic carbocycles. The van der Waals surface area contributed by atoms with E-state index in [0.29, 0.717) is 5.25 Å². The van der Waals surface area contributed by atoms with Crippen LogP contribution in [-0.4, -0.2) is 30.4 Å². The van der Waals surface area contributed by atoms with Gasteiger partial charge < -0.3 is 10.1 Å². The van der Waals surface area contributed by atoms with Gasteiger partial charge in [0.25, 0.3) is 0 Å². The molecule has 0 radical (unpaired) electrons. The fraction of sp³-hybridized carbons (Fsp3) is 0.643. The number of thiophene rings is 1. The molecule has 0 aliphatic rings. The molecule has 5 heteroatoms. The summed E-state index contributed by atoms with van der Waals surface area (Å²) in [6.45, 7) is 7.00. The summed E-state index contributed by atoms with van der Waals surface area (Å²) in [7, 11) is 1.45. The highest BCUT2D eigenvalue weighted by Gasteiger charge is 2.35. The van der Waals surface area contributed by atoms with Gasteiger partial charge in [-0.2, -0.15) is 0 Å². The lowest BCUT2D eigenvalue weighted by Gasteiger charge is -2.30. The highest BCUT2D eigenvalue weighted by molar-refractivity contribution is 8.01. The molecule has 1 aromatic rings. The van der Waals surface area contributed by atoms with Crippen LogP contribution in [0.15, 0.2) is 21.7 Å². The maximum Gasteiger partial charge on any atom is 0.325 e. The molecular formula is C14H23NO2S2. The Balaban J connectivity index is 2.62. The SMILES string of the molecule is CCCNC(C)(CC(C)Sc1cccs1)C(=O)OC. The third-order valence-electron chi connectivity index (χ3n) is 2.91. The summed E-state index contributed by atoms with van der Waals surface area (Å²) >= 11 is 3.54. The number of hydrogen-bond acceptors (Lipinski definition) is 5. The van der Waals surface area contributed by atoms with E-state index in [9.17, 15) is 4.79 Å². The van der Waals surface area contributed by atoms with E-state index in [2.05, 4.69) is 36.7 Å². The molecule has 1 aromatic heterocycles. The molecule has 1 heterocycles. The van der Waals surface area contributed by atoms with Crippen LogP contribution >= 0.6 is 23.1 Å². The van der Waals surface area contributed by atoms with E-state index in [0.717, 1.165) is 19.4 Å². The normalized spacial score (nSPS) is 15.8. The standard InChI is InChI=1S/C14H23NO2S2/c1-5-8-15-14(3,13(16)17-4)10-11(2)19-12-7-6-9-18-12/h6-7,9,11,15H,5,8,10H2,1-4H3. The van der Waals surface area contributed by atoms with Crippen LogP contribution in [-0.2, 0) is 9.53 Å². The van der Waals surface area contributed by atoms with Gasteiger partial charge >= 0.3 is 5.97 Å². The molecule has 2 atom stereocenters. The largest absolute Gasteiger partial charge is 0.468 e. The van der Waals surface area contributed by atoms with Crippen molar-refractivity contribution in [3.8, 4) is 0 Å². The lowest BCUT2D eigenvalue weighted by molar-refractivity contribution is -0.148. The van der Waals surface area contributed by atoms with E-state index in [-0.39, 0.29) is 5.97 Å². The van der Waals surface area contributed by atoms with Crippen molar-refractivity contribution in [1.82, 2.24) is 5.32 Å². The lowest BCUT2D eigenvalue weighted by atomic mass is 9.96. The first kappa shape index (κ1) is 16.5. The van der Waals surface area contributed by atoms with Crippen LogP contribution < -0.4 is 5.32 Å². The molecule has 108 valence electrons. The van der Waals surface area contributed by atoms with Gasteiger partial charge in [-0.05, 0) is 37.8 Å². The van der Waals surface area contributed by atoms with Crippen molar-refractivity contribution in [3.63, 3.8) is 0 Å². The van der Waals surface area contributed by atoms with E-state index < -0.39 is 5.54 Å². The van der Waals surface area contributed by atoms with Gasteiger partial charge in [0.2, 0.25) is 0 Å². The first-order chi connectivity index (χ1) is 9.01. The Kier molecular flexibility index (Phi) is 6.89. The van der Waals surface area contributed by atoms with E-state index in [1.807, 2.05) is 18.7 Å². The van der Waals surface area contributed by atoms with Gasteiger partial charge in [0.15, 0.2) is 0 Å². The second-order valence-electron chi connectivity index (χ2n) is 4.82. The molecular weight excluding hydrogens is 278 g/mol. The Bertz CT molecular complexity index is 381. The monoisotopic (exact) mass is 301 g/mol. The quantitative estimate of drug-likeness (QED) is 0.588. The minimum Gasteiger partial charge on any atom is -0.468 e. The van der Waals surface area contributed by atoms with Gasteiger partial charge in [0, 0.05) is 5.25 Å². The Morgan fingerprint density at radius 3 is 2.89 bits per heavy atom. The molecule has 2 unspecified atom stereocenters. The molecule has 0 fully saturated rings. The van der Waals surface area contributed by atoms with E-state index in [1.54, 1.807) is 11.3 Å². The third kappa shape index (κ3) is 5.16. The number of nitrogens with one attached hydrogen (secondary N) is 1. The molecule has 0 bridgehead atoms. The summed E-state index contributed by atoms with van der Waals surface area (Å²) in [6, 6.07) is 4.16. The van der Waals surface area contributed by atoms with Crippen LogP contribution in [0.4, 0.5) is 0 Å². The molecule has 19 heavy (non-hydrogen) atoms. The van der Waals surface area contributed by atoms with Crippen LogP contribution in [0.1, 0.15) is 33.6 Å². The van der Waals surface area contributed by atoms with Crippen LogP contribution in [0.2, 0.25) is 0 Å². The number of thioether (sulfide) groups is 1. The summed E-state index contributed by atoms with van der Waals surface area (Å²) in [4.78, 5) is 12.0. The van der Waals surface area contributed by atoms with Gasteiger partial charge in [-0.25, -0.2) is 0 Å². The van der Waals surface area contributed by atoms with Crippen molar-refractivity contribution in [2.75, 3.05) is 13.7 Å². The molecule has 1 N–H and O–H groups in total. The molecule has 0 aliphatic carbocycles. The number of hydrogen-bond donors (Lipinski definition) is 1. The number of rotatable bonds is 8. The highest BCUT2D eigenvalue weighted by atomic mass is 32.2. The number of carbonyl (C=O) groups excluding carboxylic acids is 1. The molecule has 0 spiro atoms. The third-order valence-corrected chi connectivity index (χ3v) is 5.09. The van der Waals surface area contributed by atoms with E-state index >= 15 is 0 Å². The summed E-state index contributed by atoms with van der Waals surface area (Å²) in [6.07, 6.45) is 1.75. The summed E-state index contributed by atoms with van der Waals surface area (Å²) in [5.74, 6) is -0.181. The van der Waals surface area contributed by atoms with Gasteiger partial charge in [0.1, 0.15) is 5.54 Å². The first-order valence-corrected chi connectivity index (χ1v) is 8.31. The average Bonchev–Trinajstić information content (AvgIpc) is 2.87. The topological polar surface area (TPSA) is 38.3 Å². The van der Waals surface area contributed by atoms with Gasteiger partial charge in [-0.3, -0.25) is 4.79 Å². The summed E-state index contributed by atoms with van der Waals surface area (Å²) in [5.41, 5.74) is -0.603. The highest BCUT2D eigenvalue weighted by Crippen LogP contribution is 2.32. The Morgan fingerprint density at radius 1 is 1.63 bits per heavy atom. The predicted molar refractivity (Wildman–Crippen MR) is 83.0 cm³/mol. The van der Waals surface area contributed by atoms with Crippen LogP contribution in [0.3, 0.4) is 0 Å². The second kappa shape index (κ2) is 7.92. The second-order valence-corrected chi connectivity index (χ2v) is 7.50. The van der Waals surface area contributed by atoms with Crippen molar-refractivity contribution in [1.29, 1.82) is 0 Å². The lowest BCUT2D eigenvalue weighted by Crippen LogP contribution is -2.51. The predicted octanol–water partition coefficient (Wildman–Crippen LogP) is 3.55. The minimum absolute atomic E-state index is 0.181. The number of methoxy groups -OCH3 is 1. The average molecular weight is 301 g/mol. The van der Waals surface area contributed by atoms with Crippen LogP contribution in [0.5, 0.6) is 0 Å². The smallest absolute Gasteiger partial charge is 0.325 e. The Labute approximate surface area is 124 Å². The first-order valence-electron chi connectivity index (χ1n) is 6.55. The van der Waals surface area contributed by atoms with Crippen molar-refractivity contribution in [2.24, 2.45) is 0 Å². The molecule has 0 saturated heterocycles. The number of carbonyl (C=O) groups is 1. The van der Waals surface area contributed by atoms with Crippen molar-refractivity contribution in [3.05, 3.63) is 17.5 Å². The minimum atomic E-state index is -0.603. The number of ether oxygens (including phenoxy) is 1. The summed E-state index contributed by atoms with van der Waals surface area (Å²) in [5, 5.41) is 5.75. The number of esters is 1. The van der Waals surface area contributed by atoms with Crippen molar-refractivity contribution in [2.45, 2.75) is 48.6 Å². The molecule has 0 saturated carbocycles. The Hall–Kier alpha value is -0.520. The van der Waals surface area contributed by atoms with E-state index in [1.165, 1.54) is 11.3 Å². The zero-order valence-corrected chi connectivity index (χ0v) is 13.7. The maximum atomic E-state index is 12.0. The fourth-order valence-corrected chi connectivity index (χ4v) is 4.30. The fourth-order valence-electron chi connectivity index (χ4n) is 2.00. The zero-order valence-electron chi connectivity index (χ0n) is 12.1. The maximum absolute atomic E-state index is 12.0. The van der Waals surface area contributed by atoms with Gasteiger partial charge in [0.05, 0.1) is 11.3 Å². The van der Waals surface area contributed by atoms with Crippen LogP contribution in [0.25, 0.3) is 0 Å². The molecule has 0 aliphatic heterocycles.